The highest BCUT2D eigenvalue weighted by Gasteiger charge is 2.05. The van der Waals surface area contributed by atoms with Gasteiger partial charge < -0.3 is 5.11 Å². The number of hydrogen-bond donors (Lipinski definition) is 1. The molecule has 0 aliphatic heterocycles. The molecule has 2 aromatic carbocycles. The minimum absolute atomic E-state index is 0.0747. The molecular weight excluding hydrogens is 302 g/mol. The van der Waals surface area contributed by atoms with E-state index in [1.54, 1.807) is 23.1 Å². The smallest absolute Gasteiger partial charge is 0.307 e. The molecular formula is C16H13NO2S2. The van der Waals surface area contributed by atoms with Crippen molar-refractivity contribution in [3.05, 3.63) is 59.7 Å². The normalized spacial score (nSPS) is 10.9. The summed E-state index contributed by atoms with van der Waals surface area (Å²) in [7, 11) is 0. The Kier molecular flexibility index (Phi) is 4.22. The molecule has 5 heteroatoms. The van der Waals surface area contributed by atoms with E-state index in [1.807, 2.05) is 42.5 Å². The molecule has 1 N–H and O–H groups in total. The molecule has 3 aromatic rings. The van der Waals surface area contributed by atoms with Crippen LogP contribution in [0.25, 0.3) is 10.2 Å². The molecule has 0 saturated carbocycles. The Labute approximate surface area is 130 Å². The lowest BCUT2D eigenvalue weighted by Crippen LogP contribution is -1.99. The zero-order valence-electron chi connectivity index (χ0n) is 11.2. The second-order valence-electron chi connectivity index (χ2n) is 4.62. The van der Waals surface area contributed by atoms with Gasteiger partial charge in [0.25, 0.3) is 0 Å². The highest BCUT2D eigenvalue weighted by atomic mass is 32.2. The van der Waals surface area contributed by atoms with E-state index in [4.69, 9.17) is 5.11 Å². The summed E-state index contributed by atoms with van der Waals surface area (Å²) in [5.41, 5.74) is 3.05. The molecule has 0 amide bonds. The zero-order valence-corrected chi connectivity index (χ0v) is 12.8. The van der Waals surface area contributed by atoms with Gasteiger partial charge in [-0.15, -0.1) is 11.3 Å². The maximum absolute atomic E-state index is 10.6. The number of aromatic nitrogens is 1. The summed E-state index contributed by atoms with van der Waals surface area (Å²) < 4.78 is 2.27. The molecule has 0 aliphatic carbocycles. The van der Waals surface area contributed by atoms with Crippen LogP contribution in [0.2, 0.25) is 0 Å². The van der Waals surface area contributed by atoms with E-state index in [0.29, 0.717) is 0 Å². The van der Waals surface area contributed by atoms with Crippen LogP contribution in [-0.2, 0) is 17.0 Å². The lowest BCUT2D eigenvalue weighted by Gasteiger charge is -2.01. The maximum Gasteiger partial charge on any atom is 0.307 e. The number of hydrogen-bond acceptors (Lipinski definition) is 4. The van der Waals surface area contributed by atoms with Crippen LogP contribution < -0.4 is 0 Å². The third kappa shape index (κ3) is 3.62. The van der Waals surface area contributed by atoms with E-state index >= 15 is 0 Å². The van der Waals surface area contributed by atoms with Crippen LogP contribution >= 0.6 is 23.1 Å². The largest absolute Gasteiger partial charge is 0.481 e. The number of aliphatic carboxylic acids is 1. The van der Waals surface area contributed by atoms with E-state index in [1.165, 1.54) is 10.3 Å². The molecule has 0 bridgehead atoms. The number of thioether (sulfide) groups is 1. The number of nitrogens with zero attached hydrogens (tertiary/aromatic N) is 1. The van der Waals surface area contributed by atoms with E-state index < -0.39 is 5.97 Å². The lowest BCUT2D eigenvalue weighted by molar-refractivity contribution is -0.136. The van der Waals surface area contributed by atoms with Crippen molar-refractivity contribution in [2.45, 2.75) is 16.5 Å². The molecule has 3 nitrogen and oxygen atoms in total. The summed E-state index contributed by atoms with van der Waals surface area (Å²) in [6.07, 6.45) is 0.0747. The van der Waals surface area contributed by atoms with Crippen molar-refractivity contribution in [2.24, 2.45) is 0 Å². The maximum atomic E-state index is 10.6. The number of para-hydroxylation sites is 1. The number of benzene rings is 2. The van der Waals surface area contributed by atoms with E-state index in [9.17, 15) is 4.79 Å². The van der Waals surface area contributed by atoms with Crippen molar-refractivity contribution in [1.29, 1.82) is 0 Å². The summed E-state index contributed by atoms with van der Waals surface area (Å²) in [4.78, 5) is 15.2. The van der Waals surface area contributed by atoms with Crippen LogP contribution in [0.4, 0.5) is 0 Å². The van der Waals surface area contributed by atoms with Gasteiger partial charge in [-0.25, -0.2) is 4.98 Å². The summed E-state index contributed by atoms with van der Waals surface area (Å²) in [5, 5.41) is 8.75. The Morgan fingerprint density at radius 2 is 1.81 bits per heavy atom. The van der Waals surface area contributed by atoms with Gasteiger partial charge in [0.2, 0.25) is 0 Å². The topological polar surface area (TPSA) is 50.2 Å². The number of rotatable bonds is 5. The van der Waals surface area contributed by atoms with Gasteiger partial charge in [0.1, 0.15) is 0 Å². The average molecular weight is 315 g/mol. The molecule has 0 atom stereocenters. The fourth-order valence-corrected chi connectivity index (χ4v) is 4.01. The Balaban J connectivity index is 1.65. The molecule has 0 spiro atoms. The molecule has 1 heterocycles. The Bertz CT molecular complexity index is 732. The van der Waals surface area contributed by atoms with Crippen molar-refractivity contribution in [3.63, 3.8) is 0 Å². The average Bonchev–Trinajstić information content (AvgIpc) is 2.89. The van der Waals surface area contributed by atoms with Gasteiger partial charge in [0.05, 0.1) is 16.6 Å². The highest BCUT2D eigenvalue weighted by molar-refractivity contribution is 8.00. The van der Waals surface area contributed by atoms with Gasteiger partial charge in [-0.3, -0.25) is 4.79 Å². The van der Waals surface area contributed by atoms with Crippen molar-refractivity contribution in [1.82, 2.24) is 4.98 Å². The lowest BCUT2D eigenvalue weighted by atomic mass is 10.1. The summed E-state index contributed by atoms with van der Waals surface area (Å²) in [6.45, 7) is 0. The Morgan fingerprint density at radius 3 is 2.52 bits per heavy atom. The van der Waals surface area contributed by atoms with Crippen LogP contribution in [0.3, 0.4) is 0 Å². The van der Waals surface area contributed by atoms with Crippen molar-refractivity contribution < 1.29 is 9.90 Å². The fraction of sp³-hybridized carbons (Fsp3) is 0.125. The predicted molar refractivity (Wildman–Crippen MR) is 87.0 cm³/mol. The van der Waals surface area contributed by atoms with Crippen molar-refractivity contribution >= 4 is 39.3 Å². The van der Waals surface area contributed by atoms with Gasteiger partial charge in [0.15, 0.2) is 4.34 Å². The van der Waals surface area contributed by atoms with Crippen LogP contribution in [0, 0.1) is 0 Å². The first-order valence-electron chi connectivity index (χ1n) is 6.49. The van der Waals surface area contributed by atoms with Gasteiger partial charge in [0, 0.05) is 5.75 Å². The minimum atomic E-state index is -0.799. The summed E-state index contributed by atoms with van der Waals surface area (Å²) in [5.74, 6) is 0.0410. The second kappa shape index (κ2) is 6.28. The van der Waals surface area contributed by atoms with Gasteiger partial charge in [-0.1, -0.05) is 48.2 Å². The number of thiazole rings is 1. The molecule has 3 rings (SSSR count). The molecule has 0 unspecified atom stereocenters. The first kappa shape index (κ1) is 14.1. The Hall–Kier alpha value is -1.85. The summed E-state index contributed by atoms with van der Waals surface area (Å²) in [6, 6.07) is 15.9. The van der Waals surface area contributed by atoms with Crippen molar-refractivity contribution in [3.8, 4) is 0 Å². The van der Waals surface area contributed by atoms with Crippen molar-refractivity contribution in [2.75, 3.05) is 0 Å². The zero-order chi connectivity index (χ0) is 14.7. The van der Waals surface area contributed by atoms with Gasteiger partial charge >= 0.3 is 5.97 Å². The third-order valence-corrected chi connectivity index (χ3v) is 5.27. The fourth-order valence-electron chi connectivity index (χ4n) is 1.99. The van der Waals surface area contributed by atoms with Gasteiger partial charge in [-0.2, -0.15) is 0 Å². The number of carboxylic acids is 1. The number of carbonyl (C=O) groups is 1. The minimum Gasteiger partial charge on any atom is -0.481 e. The molecule has 0 saturated heterocycles. The van der Waals surface area contributed by atoms with Crippen LogP contribution in [0.15, 0.2) is 52.9 Å². The number of fused-ring (bicyclic) bond motifs is 1. The number of carboxylic acid groups (broad SMARTS) is 1. The SMILES string of the molecule is O=C(O)Cc1ccc(CSc2nc3ccccc3s2)cc1. The first-order valence-corrected chi connectivity index (χ1v) is 8.29. The Morgan fingerprint density at radius 1 is 1.10 bits per heavy atom. The molecule has 106 valence electrons. The molecule has 0 fully saturated rings. The molecule has 0 aliphatic rings. The molecule has 21 heavy (non-hydrogen) atoms. The third-order valence-electron chi connectivity index (χ3n) is 3.01. The molecule has 1 aromatic heterocycles. The van der Waals surface area contributed by atoms with E-state index in [0.717, 1.165) is 21.2 Å². The summed E-state index contributed by atoms with van der Waals surface area (Å²) >= 11 is 3.41. The highest BCUT2D eigenvalue weighted by Crippen LogP contribution is 2.31. The first-order chi connectivity index (χ1) is 10.2. The quantitative estimate of drug-likeness (QED) is 0.716. The second-order valence-corrected chi connectivity index (χ2v) is 6.88. The van der Waals surface area contributed by atoms with Crippen LogP contribution in [0.1, 0.15) is 11.1 Å². The van der Waals surface area contributed by atoms with Crippen LogP contribution in [0.5, 0.6) is 0 Å². The van der Waals surface area contributed by atoms with E-state index in [2.05, 4.69) is 11.1 Å². The van der Waals surface area contributed by atoms with E-state index in [-0.39, 0.29) is 6.42 Å². The standard InChI is InChI=1S/C16H13NO2S2/c18-15(19)9-11-5-7-12(8-6-11)10-20-16-17-13-3-1-2-4-14(13)21-16/h1-8H,9-10H2,(H,18,19). The van der Waals surface area contributed by atoms with Crippen LogP contribution in [-0.4, -0.2) is 16.1 Å². The van der Waals surface area contributed by atoms with Gasteiger partial charge in [-0.05, 0) is 23.3 Å². The predicted octanol–water partition coefficient (Wildman–Crippen LogP) is 4.22. The monoisotopic (exact) mass is 315 g/mol. The molecule has 0 radical (unpaired) electrons.